The lowest BCUT2D eigenvalue weighted by atomic mass is 10.1. The first-order valence-corrected chi connectivity index (χ1v) is 6.82. The van der Waals surface area contributed by atoms with E-state index in [1.807, 2.05) is 12.1 Å². The number of nitrogens with one attached hydrogen (secondary N) is 1. The van der Waals surface area contributed by atoms with Gasteiger partial charge >= 0.3 is 0 Å². The zero-order valence-corrected chi connectivity index (χ0v) is 12.0. The van der Waals surface area contributed by atoms with Crippen molar-refractivity contribution in [2.45, 2.75) is 25.9 Å². The van der Waals surface area contributed by atoms with Crippen LogP contribution >= 0.6 is 22.6 Å². The summed E-state index contributed by atoms with van der Waals surface area (Å²) in [6.07, 6.45) is 2.65. The molecule has 1 heterocycles. The third-order valence-corrected chi connectivity index (χ3v) is 3.37. The molecule has 2 rings (SSSR count). The maximum absolute atomic E-state index is 5.33. The maximum atomic E-state index is 5.33. The Bertz CT molecular complexity index is 436. The lowest BCUT2D eigenvalue weighted by Crippen LogP contribution is -2.27. The molecule has 3 heteroatoms. The van der Waals surface area contributed by atoms with Gasteiger partial charge in [0.15, 0.2) is 0 Å². The highest BCUT2D eigenvalue weighted by atomic mass is 127. The first-order chi connectivity index (χ1) is 8.24. The second-order valence-electron chi connectivity index (χ2n) is 4.19. The summed E-state index contributed by atoms with van der Waals surface area (Å²) < 4.78 is 6.60. The minimum atomic E-state index is 0.417. The normalized spacial score (nSPS) is 12.6. The van der Waals surface area contributed by atoms with Gasteiger partial charge in [-0.3, -0.25) is 0 Å². The van der Waals surface area contributed by atoms with Gasteiger partial charge in [-0.2, -0.15) is 0 Å². The molecule has 0 saturated carbocycles. The molecule has 1 unspecified atom stereocenters. The van der Waals surface area contributed by atoms with E-state index in [1.165, 1.54) is 9.13 Å². The number of rotatable bonds is 5. The number of hydrogen-bond donors (Lipinski definition) is 1. The van der Waals surface area contributed by atoms with Gasteiger partial charge < -0.3 is 9.73 Å². The van der Waals surface area contributed by atoms with Crippen molar-refractivity contribution in [3.8, 4) is 0 Å². The van der Waals surface area contributed by atoms with Crippen molar-refractivity contribution >= 4 is 22.6 Å². The van der Waals surface area contributed by atoms with E-state index < -0.39 is 0 Å². The molecule has 1 aromatic heterocycles. The summed E-state index contributed by atoms with van der Waals surface area (Å²) in [6, 6.07) is 13.0. The zero-order chi connectivity index (χ0) is 12.1. The minimum absolute atomic E-state index is 0.417. The highest BCUT2D eigenvalue weighted by Gasteiger charge is 2.04. The van der Waals surface area contributed by atoms with Crippen LogP contribution in [0.1, 0.15) is 18.2 Å². The standard InChI is InChI=1S/C14H16INO/c1-11(9-14-3-2-8-17-14)16-10-12-4-6-13(15)7-5-12/h2-8,11,16H,9-10H2,1H3. The minimum Gasteiger partial charge on any atom is -0.469 e. The topological polar surface area (TPSA) is 25.2 Å². The van der Waals surface area contributed by atoms with Gasteiger partial charge in [0.25, 0.3) is 0 Å². The van der Waals surface area contributed by atoms with Crippen LogP contribution in [0.4, 0.5) is 0 Å². The van der Waals surface area contributed by atoms with Crippen molar-refractivity contribution in [2.24, 2.45) is 0 Å². The second kappa shape index (κ2) is 6.21. The van der Waals surface area contributed by atoms with Crippen LogP contribution in [0.25, 0.3) is 0 Å². The molecule has 1 atom stereocenters. The van der Waals surface area contributed by atoms with Crippen molar-refractivity contribution in [1.82, 2.24) is 5.32 Å². The number of benzene rings is 1. The molecular weight excluding hydrogens is 325 g/mol. The Morgan fingerprint density at radius 1 is 1.24 bits per heavy atom. The van der Waals surface area contributed by atoms with Crippen molar-refractivity contribution < 1.29 is 4.42 Å². The van der Waals surface area contributed by atoms with E-state index >= 15 is 0 Å². The molecule has 0 saturated heterocycles. The molecular formula is C14H16INO. The van der Waals surface area contributed by atoms with Gasteiger partial charge in [-0.1, -0.05) is 12.1 Å². The smallest absolute Gasteiger partial charge is 0.105 e. The molecule has 2 nitrogen and oxygen atoms in total. The molecule has 17 heavy (non-hydrogen) atoms. The molecule has 1 aromatic carbocycles. The van der Waals surface area contributed by atoms with Crippen LogP contribution in [-0.2, 0) is 13.0 Å². The molecule has 90 valence electrons. The Labute approximate surface area is 116 Å². The van der Waals surface area contributed by atoms with Crippen molar-refractivity contribution in [1.29, 1.82) is 0 Å². The molecule has 2 aromatic rings. The average molecular weight is 341 g/mol. The van der Waals surface area contributed by atoms with E-state index in [0.717, 1.165) is 18.7 Å². The molecule has 0 aliphatic carbocycles. The number of hydrogen-bond acceptors (Lipinski definition) is 2. The van der Waals surface area contributed by atoms with E-state index in [-0.39, 0.29) is 0 Å². The Kier molecular flexibility index (Phi) is 4.62. The highest BCUT2D eigenvalue weighted by molar-refractivity contribution is 14.1. The van der Waals surface area contributed by atoms with E-state index in [4.69, 9.17) is 4.42 Å². The van der Waals surface area contributed by atoms with Crippen LogP contribution < -0.4 is 5.32 Å². The van der Waals surface area contributed by atoms with E-state index in [1.54, 1.807) is 6.26 Å². The molecule has 0 aliphatic rings. The predicted molar refractivity (Wildman–Crippen MR) is 77.9 cm³/mol. The number of furan rings is 1. The van der Waals surface area contributed by atoms with Gasteiger partial charge in [0, 0.05) is 22.6 Å². The summed E-state index contributed by atoms with van der Waals surface area (Å²) in [7, 11) is 0. The van der Waals surface area contributed by atoms with Crippen LogP contribution in [0.15, 0.2) is 47.1 Å². The summed E-state index contributed by atoms with van der Waals surface area (Å²) in [6.45, 7) is 3.08. The summed E-state index contributed by atoms with van der Waals surface area (Å²) in [5.74, 6) is 1.03. The van der Waals surface area contributed by atoms with Crippen molar-refractivity contribution in [2.75, 3.05) is 0 Å². The molecule has 0 radical (unpaired) electrons. The van der Waals surface area contributed by atoms with Gasteiger partial charge in [0.1, 0.15) is 5.76 Å². The fourth-order valence-corrected chi connectivity index (χ4v) is 2.06. The first kappa shape index (κ1) is 12.6. The van der Waals surface area contributed by atoms with Gasteiger partial charge in [-0.05, 0) is 59.3 Å². The van der Waals surface area contributed by atoms with Gasteiger partial charge in [0.05, 0.1) is 6.26 Å². The lowest BCUT2D eigenvalue weighted by Gasteiger charge is -2.12. The van der Waals surface area contributed by atoms with Gasteiger partial charge in [-0.15, -0.1) is 0 Å². The van der Waals surface area contributed by atoms with Crippen molar-refractivity contribution in [3.63, 3.8) is 0 Å². The molecule has 0 bridgehead atoms. The first-order valence-electron chi connectivity index (χ1n) is 5.74. The fourth-order valence-electron chi connectivity index (χ4n) is 1.70. The zero-order valence-electron chi connectivity index (χ0n) is 9.82. The molecule has 0 spiro atoms. The molecule has 1 N–H and O–H groups in total. The van der Waals surface area contributed by atoms with Crippen LogP contribution in [0.5, 0.6) is 0 Å². The Balaban J connectivity index is 1.79. The van der Waals surface area contributed by atoms with E-state index in [0.29, 0.717) is 6.04 Å². The van der Waals surface area contributed by atoms with Gasteiger partial charge in [0.2, 0.25) is 0 Å². The largest absolute Gasteiger partial charge is 0.469 e. The Morgan fingerprint density at radius 2 is 2.00 bits per heavy atom. The fraction of sp³-hybridized carbons (Fsp3) is 0.286. The van der Waals surface area contributed by atoms with E-state index in [9.17, 15) is 0 Å². The summed E-state index contributed by atoms with van der Waals surface area (Å²) in [5, 5.41) is 3.49. The predicted octanol–water partition coefficient (Wildman–Crippen LogP) is 3.61. The van der Waals surface area contributed by atoms with Gasteiger partial charge in [-0.25, -0.2) is 0 Å². The SMILES string of the molecule is CC(Cc1ccco1)NCc1ccc(I)cc1. The van der Waals surface area contributed by atoms with Crippen LogP contribution in [0.2, 0.25) is 0 Å². The lowest BCUT2D eigenvalue weighted by molar-refractivity contribution is 0.456. The average Bonchev–Trinajstić information content (AvgIpc) is 2.81. The quantitative estimate of drug-likeness (QED) is 0.841. The van der Waals surface area contributed by atoms with Crippen LogP contribution in [0, 0.1) is 3.57 Å². The highest BCUT2D eigenvalue weighted by Crippen LogP contribution is 2.08. The summed E-state index contributed by atoms with van der Waals surface area (Å²) in [5.41, 5.74) is 1.32. The molecule has 0 aliphatic heterocycles. The van der Waals surface area contributed by atoms with Crippen molar-refractivity contribution in [3.05, 3.63) is 57.6 Å². The summed E-state index contributed by atoms with van der Waals surface area (Å²) >= 11 is 2.32. The Hall–Kier alpha value is -0.810. The summed E-state index contributed by atoms with van der Waals surface area (Å²) in [4.78, 5) is 0. The monoisotopic (exact) mass is 341 g/mol. The van der Waals surface area contributed by atoms with Crippen LogP contribution in [-0.4, -0.2) is 6.04 Å². The maximum Gasteiger partial charge on any atom is 0.105 e. The Morgan fingerprint density at radius 3 is 2.65 bits per heavy atom. The van der Waals surface area contributed by atoms with Crippen LogP contribution in [0.3, 0.4) is 0 Å². The third-order valence-electron chi connectivity index (χ3n) is 2.66. The third kappa shape index (κ3) is 4.16. The van der Waals surface area contributed by atoms with E-state index in [2.05, 4.69) is 59.1 Å². The number of halogens is 1. The second-order valence-corrected chi connectivity index (χ2v) is 5.44. The molecule has 0 amide bonds. The molecule has 0 fully saturated rings.